The third-order valence-electron chi connectivity index (χ3n) is 5.66. The molecule has 0 atom stereocenters. The summed E-state index contributed by atoms with van der Waals surface area (Å²) in [6.07, 6.45) is 1.75. The van der Waals surface area contributed by atoms with Crippen molar-refractivity contribution in [3.8, 4) is 0 Å². The van der Waals surface area contributed by atoms with Gasteiger partial charge >= 0.3 is 5.97 Å². The van der Waals surface area contributed by atoms with Gasteiger partial charge in [0.05, 0.1) is 10.5 Å². The molecule has 1 fully saturated rings. The van der Waals surface area contributed by atoms with Crippen molar-refractivity contribution < 1.29 is 17.9 Å². The van der Waals surface area contributed by atoms with E-state index in [0.29, 0.717) is 24.6 Å². The molecule has 2 aromatic rings. The van der Waals surface area contributed by atoms with Gasteiger partial charge in [0, 0.05) is 13.1 Å². The predicted octanol–water partition coefficient (Wildman–Crippen LogP) is 4.76. The van der Waals surface area contributed by atoms with Crippen LogP contribution < -0.4 is 0 Å². The van der Waals surface area contributed by atoms with Crippen molar-refractivity contribution in [2.75, 3.05) is 13.1 Å². The van der Waals surface area contributed by atoms with E-state index in [0.717, 1.165) is 18.4 Å². The van der Waals surface area contributed by atoms with Crippen molar-refractivity contribution in [3.63, 3.8) is 0 Å². The first-order chi connectivity index (χ1) is 14.1. The zero-order valence-electron chi connectivity index (χ0n) is 18.2. The van der Waals surface area contributed by atoms with Gasteiger partial charge in [-0.25, -0.2) is 13.2 Å². The highest BCUT2D eigenvalue weighted by molar-refractivity contribution is 7.89. The van der Waals surface area contributed by atoms with Gasteiger partial charge in [-0.1, -0.05) is 52.0 Å². The number of carbonyl (C=O) groups excluding carboxylic acids is 1. The summed E-state index contributed by atoms with van der Waals surface area (Å²) in [5.41, 5.74) is 2.55. The molecule has 6 heteroatoms. The summed E-state index contributed by atoms with van der Waals surface area (Å²) in [6.45, 7) is 9.86. The lowest BCUT2D eigenvalue weighted by molar-refractivity contribution is 0.0472. The standard InChI is InChI=1S/C24H31NO4S/c1-18-13-15-25(16-14-18)30(27,28)22-11-7-20(8-12-22)23(26)29-17-19-5-9-21(10-6-19)24(2,3)4/h5-12,18H,13-17H2,1-4H3. The minimum Gasteiger partial charge on any atom is -0.457 e. The highest BCUT2D eigenvalue weighted by Crippen LogP contribution is 2.24. The van der Waals surface area contributed by atoms with Gasteiger partial charge in [0.25, 0.3) is 0 Å². The molecular formula is C24H31NO4S. The number of sulfonamides is 1. The average molecular weight is 430 g/mol. The van der Waals surface area contributed by atoms with E-state index < -0.39 is 16.0 Å². The molecule has 0 aliphatic carbocycles. The molecule has 0 radical (unpaired) electrons. The van der Waals surface area contributed by atoms with Crippen molar-refractivity contribution in [3.05, 3.63) is 65.2 Å². The Kier molecular flexibility index (Phi) is 6.68. The fourth-order valence-corrected chi connectivity index (χ4v) is 4.94. The maximum Gasteiger partial charge on any atom is 0.338 e. The Hall–Kier alpha value is -2.18. The molecule has 3 rings (SSSR count). The molecule has 0 saturated carbocycles. The Morgan fingerprint density at radius 1 is 1.00 bits per heavy atom. The second kappa shape index (κ2) is 8.90. The van der Waals surface area contributed by atoms with Gasteiger partial charge in [0.15, 0.2) is 0 Å². The average Bonchev–Trinajstić information content (AvgIpc) is 2.72. The van der Waals surface area contributed by atoms with Gasteiger partial charge < -0.3 is 4.74 Å². The van der Waals surface area contributed by atoms with Crippen LogP contribution in [0.3, 0.4) is 0 Å². The molecule has 30 heavy (non-hydrogen) atoms. The summed E-state index contributed by atoms with van der Waals surface area (Å²) in [6, 6.07) is 14.0. The molecule has 162 valence electrons. The van der Waals surface area contributed by atoms with E-state index in [1.54, 1.807) is 0 Å². The molecule has 0 N–H and O–H groups in total. The molecule has 1 heterocycles. The zero-order chi connectivity index (χ0) is 21.9. The predicted molar refractivity (Wildman–Crippen MR) is 118 cm³/mol. The Balaban J connectivity index is 1.61. The number of ether oxygens (including phenoxy) is 1. The molecule has 2 aromatic carbocycles. The van der Waals surface area contributed by atoms with E-state index in [-0.39, 0.29) is 16.9 Å². The van der Waals surface area contributed by atoms with Gasteiger partial charge in [-0.2, -0.15) is 4.31 Å². The Bertz CT molecular complexity index is 965. The molecule has 1 aliphatic heterocycles. The third kappa shape index (κ3) is 5.29. The van der Waals surface area contributed by atoms with Crippen LogP contribution >= 0.6 is 0 Å². The van der Waals surface area contributed by atoms with Crippen LogP contribution in [0, 0.1) is 5.92 Å². The number of benzene rings is 2. The molecule has 1 saturated heterocycles. The first-order valence-electron chi connectivity index (χ1n) is 10.4. The van der Waals surface area contributed by atoms with E-state index in [2.05, 4.69) is 27.7 Å². The number of nitrogens with zero attached hydrogens (tertiary/aromatic N) is 1. The fraction of sp³-hybridized carbons (Fsp3) is 0.458. The second-order valence-electron chi connectivity index (χ2n) is 9.13. The largest absolute Gasteiger partial charge is 0.457 e. The van der Waals surface area contributed by atoms with Crippen LogP contribution in [0.1, 0.15) is 62.0 Å². The number of hydrogen-bond donors (Lipinski definition) is 0. The third-order valence-corrected chi connectivity index (χ3v) is 7.57. The monoisotopic (exact) mass is 429 g/mol. The van der Waals surface area contributed by atoms with E-state index in [1.807, 2.05) is 24.3 Å². The first kappa shape index (κ1) is 22.5. The van der Waals surface area contributed by atoms with E-state index in [4.69, 9.17) is 4.74 Å². The summed E-state index contributed by atoms with van der Waals surface area (Å²) in [5.74, 6) is 0.0869. The van der Waals surface area contributed by atoms with Gasteiger partial charge in [0.2, 0.25) is 10.0 Å². The van der Waals surface area contributed by atoms with Crippen LogP contribution in [0.15, 0.2) is 53.4 Å². The number of rotatable bonds is 5. The minimum absolute atomic E-state index is 0.0731. The van der Waals surface area contributed by atoms with E-state index >= 15 is 0 Å². The summed E-state index contributed by atoms with van der Waals surface area (Å²) in [7, 11) is -3.52. The van der Waals surface area contributed by atoms with Crippen LogP contribution in [0.25, 0.3) is 0 Å². The maximum atomic E-state index is 12.8. The van der Waals surface area contributed by atoms with Crippen molar-refractivity contribution >= 4 is 16.0 Å². The lowest BCUT2D eigenvalue weighted by Crippen LogP contribution is -2.37. The number of esters is 1. The highest BCUT2D eigenvalue weighted by Gasteiger charge is 2.28. The van der Waals surface area contributed by atoms with Gasteiger partial charge in [0.1, 0.15) is 6.61 Å². The Morgan fingerprint density at radius 2 is 1.57 bits per heavy atom. The van der Waals surface area contributed by atoms with Crippen LogP contribution in [0.5, 0.6) is 0 Å². The van der Waals surface area contributed by atoms with Crippen molar-refractivity contribution in [2.24, 2.45) is 5.92 Å². The van der Waals surface area contributed by atoms with Crippen LogP contribution in [-0.4, -0.2) is 31.8 Å². The second-order valence-corrected chi connectivity index (χ2v) is 11.1. The number of hydrogen-bond acceptors (Lipinski definition) is 4. The molecule has 1 aliphatic rings. The topological polar surface area (TPSA) is 63.7 Å². The summed E-state index contributed by atoms with van der Waals surface area (Å²) in [5, 5.41) is 0. The number of piperidine rings is 1. The maximum absolute atomic E-state index is 12.8. The fourth-order valence-electron chi connectivity index (χ4n) is 3.47. The van der Waals surface area contributed by atoms with Crippen LogP contribution in [-0.2, 0) is 26.8 Å². The molecule has 0 unspecified atom stereocenters. The summed E-state index contributed by atoms with van der Waals surface area (Å²) in [4.78, 5) is 12.6. The van der Waals surface area contributed by atoms with Crippen LogP contribution in [0.2, 0.25) is 0 Å². The molecule has 5 nitrogen and oxygen atoms in total. The Morgan fingerprint density at radius 3 is 2.10 bits per heavy atom. The molecule has 0 amide bonds. The van der Waals surface area contributed by atoms with Crippen molar-refractivity contribution in [2.45, 2.75) is 57.5 Å². The van der Waals surface area contributed by atoms with Gasteiger partial charge in [-0.15, -0.1) is 0 Å². The van der Waals surface area contributed by atoms with Crippen molar-refractivity contribution in [1.82, 2.24) is 4.31 Å². The normalized spacial score (nSPS) is 16.4. The summed E-state index contributed by atoms with van der Waals surface area (Å²) >= 11 is 0. The zero-order valence-corrected chi connectivity index (χ0v) is 19.0. The first-order valence-corrected chi connectivity index (χ1v) is 11.9. The number of carbonyl (C=O) groups is 1. The highest BCUT2D eigenvalue weighted by atomic mass is 32.2. The van der Waals surface area contributed by atoms with Gasteiger partial charge in [-0.3, -0.25) is 0 Å². The van der Waals surface area contributed by atoms with E-state index in [9.17, 15) is 13.2 Å². The Labute approximate surface area is 180 Å². The molecule has 0 aromatic heterocycles. The minimum atomic E-state index is -3.52. The van der Waals surface area contributed by atoms with Crippen molar-refractivity contribution in [1.29, 1.82) is 0 Å². The molecule has 0 spiro atoms. The lowest BCUT2D eigenvalue weighted by atomic mass is 9.87. The molecular weight excluding hydrogens is 398 g/mol. The SMILES string of the molecule is CC1CCN(S(=O)(=O)c2ccc(C(=O)OCc3ccc(C(C)(C)C)cc3)cc2)CC1. The molecule has 0 bridgehead atoms. The smallest absolute Gasteiger partial charge is 0.338 e. The quantitative estimate of drug-likeness (QED) is 0.643. The summed E-state index contributed by atoms with van der Waals surface area (Å²) < 4.78 is 32.5. The van der Waals surface area contributed by atoms with E-state index in [1.165, 1.54) is 34.1 Å². The van der Waals surface area contributed by atoms with Crippen LogP contribution in [0.4, 0.5) is 0 Å². The lowest BCUT2D eigenvalue weighted by Gasteiger charge is -2.29. The van der Waals surface area contributed by atoms with Gasteiger partial charge in [-0.05, 0) is 59.6 Å².